The molecule has 0 aliphatic rings. The molecule has 2 amide bonds. The van der Waals surface area contributed by atoms with Gasteiger partial charge in [0.05, 0.1) is 17.8 Å². The molecule has 0 saturated heterocycles. The highest BCUT2D eigenvalue weighted by molar-refractivity contribution is 6.32. The first-order valence-corrected chi connectivity index (χ1v) is 11.0. The lowest BCUT2D eigenvalue weighted by Crippen LogP contribution is -2.27. The van der Waals surface area contributed by atoms with Gasteiger partial charge in [0.25, 0.3) is 0 Å². The van der Waals surface area contributed by atoms with Crippen LogP contribution in [0.5, 0.6) is 0 Å². The van der Waals surface area contributed by atoms with Gasteiger partial charge in [-0.2, -0.15) is 0 Å². The summed E-state index contributed by atoms with van der Waals surface area (Å²) in [5.41, 5.74) is 2.78. The van der Waals surface area contributed by atoms with Crippen LogP contribution in [-0.2, 0) is 9.53 Å². The minimum absolute atomic E-state index is 0.269. The van der Waals surface area contributed by atoms with Crippen molar-refractivity contribution in [3.8, 4) is 11.1 Å². The van der Waals surface area contributed by atoms with E-state index in [9.17, 15) is 14.4 Å². The molecule has 0 fully saturated rings. The number of ketones is 1. The van der Waals surface area contributed by atoms with E-state index in [1.54, 1.807) is 64.4 Å². The second kappa shape index (κ2) is 10.5. The first-order chi connectivity index (χ1) is 16.0. The second-order valence-corrected chi connectivity index (χ2v) is 9.15. The van der Waals surface area contributed by atoms with Crippen LogP contribution < -0.4 is 10.6 Å². The van der Waals surface area contributed by atoms with Crippen molar-refractivity contribution < 1.29 is 19.1 Å². The quantitative estimate of drug-likeness (QED) is 0.321. The van der Waals surface area contributed by atoms with Crippen LogP contribution in [0.15, 0.2) is 60.9 Å². The number of rotatable bonds is 6. The predicted molar refractivity (Wildman–Crippen MR) is 133 cm³/mol. The molecule has 0 unspecified atom stereocenters. The lowest BCUT2D eigenvalue weighted by atomic mass is 10.0. The maximum absolute atomic E-state index is 12.8. The van der Waals surface area contributed by atoms with Gasteiger partial charge in [-0.1, -0.05) is 29.8 Å². The van der Waals surface area contributed by atoms with E-state index in [4.69, 9.17) is 16.3 Å². The highest BCUT2D eigenvalue weighted by Crippen LogP contribution is 2.30. The Morgan fingerprint density at radius 3 is 2.29 bits per heavy atom. The van der Waals surface area contributed by atoms with E-state index in [-0.39, 0.29) is 17.9 Å². The predicted octanol–water partition coefficient (Wildman–Crippen LogP) is 6.27. The number of halogens is 1. The molecular weight excluding hydrogens is 454 g/mol. The number of nitrogens with one attached hydrogen (secondary N) is 2. The molecule has 0 saturated carbocycles. The normalized spacial score (nSPS) is 11.0. The van der Waals surface area contributed by atoms with Crippen molar-refractivity contribution in [2.45, 2.75) is 39.7 Å². The van der Waals surface area contributed by atoms with Crippen LogP contribution in [0, 0.1) is 6.92 Å². The maximum Gasteiger partial charge on any atom is 0.412 e. The number of amides is 2. The Bertz CT molecular complexity index is 1220. The summed E-state index contributed by atoms with van der Waals surface area (Å²) in [6.07, 6.45) is 2.29. The van der Waals surface area contributed by atoms with Crippen LogP contribution in [0.2, 0.25) is 5.02 Å². The summed E-state index contributed by atoms with van der Waals surface area (Å²) in [6, 6.07) is 13.9. The third kappa shape index (κ3) is 6.89. The molecular formula is C26H26ClN3O4. The lowest BCUT2D eigenvalue weighted by molar-refractivity contribution is -0.115. The average molecular weight is 480 g/mol. The van der Waals surface area contributed by atoms with E-state index < -0.39 is 17.6 Å². The summed E-state index contributed by atoms with van der Waals surface area (Å²) >= 11 is 6.21. The number of nitrogens with zero attached hydrogens (tertiary/aromatic N) is 1. The van der Waals surface area contributed by atoms with Gasteiger partial charge in [-0.15, -0.1) is 0 Å². The zero-order valence-electron chi connectivity index (χ0n) is 19.4. The van der Waals surface area contributed by atoms with Gasteiger partial charge in [-0.05, 0) is 74.7 Å². The standard InChI is InChI=1S/C26H26ClN3O4/c1-16-12-21(22(14-20(16)27)30-25(33)34-26(2,3)4)29-24(32)15-23(31)19-7-5-6-18(13-19)17-8-10-28-11-9-17/h5-14H,15H2,1-4H3,(H,29,32)(H,30,33). The number of carbonyl (C=O) groups is 3. The van der Waals surface area contributed by atoms with Crippen molar-refractivity contribution in [3.63, 3.8) is 0 Å². The number of anilines is 2. The van der Waals surface area contributed by atoms with Gasteiger partial charge in [0, 0.05) is 23.0 Å². The molecule has 3 aromatic rings. The number of benzene rings is 2. The highest BCUT2D eigenvalue weighted by atomic mass is 35.5. The summed E-state index contributed by atoms with van der Waals surface area (Å²) in [4.78, 5) is 41.7. The molecule has 7 nitrogen and oxygen atoms in total. The number of pyridine rings is 1. The van der Waals surface area contributed by atoms with Crippen molar-refractivity contribution in [3.05, 3.63) is 77.1 Å². The molecule has 0 spiro atoms. The third-order valence-electron chi connectivity index (χ3n) is 4.73. The number of carbonyl (C=O) groups excluding carboxylic acids is 3. The summed E-state index contributed by atoms with van der Waals surface area (Å²) in [5.74, 6) is -0.853. The molecule has 1 aromatic heterocycles. The molecule has 8 heteroatoms. The Morgan fingerprint density at radius 2 is 1.62 bits per heavy atom. The van der Waals surface area contributed by atoms with E-state index >= 15 is 0 Å². The van der Waals surface area contributed by atoms with Gasteiger partial charge in [-0.3, -0.25) is 19.9 Å². The summed E-state index contributed by atoms with van der Waals surface area (Å²) in [7, 11) is 0. The van der Waals surface area contributed by atoms with Crippen molar-refractivity contribution in [2.24, 2.45) is 0 Å². The first-order valence-electron chi connectivity index (χ1n) is 10.7. The largest absolute Gasteiger partial charge is 0.444 e. The highest BCUT2D eigenvalue weighted by Gasteiger charge is 2.19. The van der Waals surface area contributed by atoms with Crippen molar-refractivity contribution >= 4 is 40.8 Å². The Hall–Kier alpha value is -3.71. The Kier molecular flexibility index (Phi) is 7.68. The van der Waals surface area contributed by atoms with Crippen LogP contribution in [0.3, 0.4) is 0 Å². The van der Waals surface area contributed by atoms with Crippen molar-refractivity contribution in [2.75, 3.05) is 10.6 Å². The van der Waals surface area contributed by atoms with E-state index in [0.717, 1.165) is 11.1 Å². The number of aromatic nitrogens is 1. The van der Waals surface area contributed by atoms with Gasteiger partial charge in [0.15, 0.2) is 5.78 Å². The minimum Gasteiger partial charge on any atom is -0.444 e. The molecule has 0 radical (unpaired) electrons. The molecule has 0 atom stereocenters. The average Bonchev–Trinajstić information content (AvgIpc) is 2.76. The fraction of sp³-hybridized carbons (Fsp3) is 0.231. The Morgan fingerprint density at radius 1 is 0.941 bits per heavy atom. The number of Topliss-reactive ketones (excluding diaryl/α,β-unsaturated/α-hetero) is 1. The number of aryl methyl sites for hydroxylation is 1. The number of hydrogen-bond acceptors (Lipinski definition) is 5. The number of hydrogen-bond donors (Lipinski definition) is 2. The van der Waals surface area contributed by atoms with Crippen molar-refractivity contribution in [1.82, 2.24) is 4.98 Å². The molecule has 2 N–H and O–H groups in total. The fourth-order valence-corrected chi connectivity index (χ4v) is 3.32. The van der Waals surface area contributed by atoms with Crippen LogP contribution in [0.4, 0.5) is 16.2 Å². The van der Waals surface area contributed by atoms with Gasteiger partial charge >= 0.3 is 6.09 Å². The first kappa shape index (κ1) is 24.9. The lowest BCUT2D eigenvalue weighted by Gasteiger charge is -2.21. The number of ether oxygens (including phenoxy) is 1. The molecule has 176 valence electrons. The maximum atomic E-state index is 12.8. The van der Waals surface area contributed by atoms with Gasteiger partial charge in [-0.25, -0.2) is 4.79 Å². The molecule has 0 bridgehead atoms. The van der Waals surface area contributed by atoms with Crippen molar-refractivity contribution in [1.29, 1.82) is 0 Å². The SMILES string of the molecule is Cc1cc(NC(=O)CC(=O)c2cccc(-c3ccncc3)c2)c(NC(=O)OC(C)(C)C)cc1Cl. The molecule has 1 heterocycles. The van der Waals surface area contributed by atoms with E-state index in [2.05, 4.69) is 15.6 Å². The molecule has 0 aliphatic carbocycles. The summed E-state index contributed by atoms with van der Waals surface area (Å²) in [6.45, 7) is 7.00. The van der Waals surface area contributed by atoms with Gasteiger partial charge in [0.2, 0.25) is 5.91 Å². The molecule has 0 aliphatic heterocycles. The Labute approximate surface area is 203 Å². The van der Waals surface area contributed by atoms with Gasteiger partial charge in [0.1, 0.15) is 5.60 Å². The smallest absolute Gasteiger partial charge is 0.412 e. The fourth-order valence-electron chi connectivity index (χ4n) is 3.16. The molecule has 2 aromatic carbocycles. The summed E-state index contributed by atoms with van der Waals surface area (Å²) in [5, 5.41) is 5.71. The summed E-state index contributed by atoms with van der Waals surface area (Å²) < 4.78 is 5.28. The van der Waals surface area contributed by atoms with Crippen LogP contribution in [0.1, 0.15) is 43.1 Å². The zero-order valence-corrected chi connectivity index (χ0v) is 20.2. The molecule has 3 rings (SSSR count). The minimum atomic E-state index is -0.695. The monoisotopic (exact) mass is 479 g/mol. The van der Waals surface area contributed by atoms with Crippen LogP contribution in [-0.4, -0.2) is 28.4 Å². The zero-order chi connectivity index (χ0) is 24.9. The van der Waals surface area contributed by atoms with Gasteiger partial charge < -0.3 is 10.1 Å². The van der Waals surface area contributed by atoms with Crippen LogP contribution >= 0.6 is 11.6 Å². The molecule has 34 heavy (non-hydrogen) atoms. The van der Waals surface area contributed by atoms with E-state index in [0.29, 0.717) is 21.8 Å². The second-order valence-electron chi connectivity index (χ2n) is 8.74. The third-order valence-corrected chi connectivity index (χ3v) is 5.14. The van der Waals surface area contributed by atoms with E-state index in [1.807, 2.05) is 18.2 Å². The topological polar surface area (TPSA) is 97.4 Å². The Balaban J connectivity index is 1.74. The van der Waals surface area contributed by atoms with Crippen LogP contribution in [0.25, 0.3) is 11.1 Å². The van der Waals surface area contributed by atoms with E-state index in [1.165, 1.54) is 6.07 Å².